The van der Waals surface area contributed by atoms with Crippen molar-refractivity contribution in [1.82, 2.24) is 0 Å². The minimum Gasteiger partial charge on any atom is -0.427 e. The minimum atomic E-state index is -3.38. The molecule has 1 aromatic carbocycles. The molecule has 6 heteroatoms. The van der Waals surface area contributed by atoms with Crippen molar-refractivity contribution in [1.29, 1.82) is 0 Å². The average molecular weight is 300 g/mol. The van der Waals surface area contributed by atoms with Crippen LogP contribution >= 0.6 is 0 Å². The monoisotopic (exact) mass is 300 g/mol. The van der Waals surface area contributed by atoms with Crippen molar-refractivity contribution >= 4 is 16.1 Å². The lowest BCUT2D eigenvalue weighted by Crippen LogP contribution is -2.07. The van der Waals surface area contributed by atoms with Gasteiger partial charge in [0, 0.05) is 6.42 Å². The molecule has 0 unspecified atom stereocenters. The van der Waals surface area contributed by atoms with E-state index in [-0.39, 0.29) is 12.6 Å². The molecule has 0 radical (unpaired) electrons. The summed E-state index contributed by atoms with van der Waals surface area (Å²) in [6.45, 7) is 2.07. The van der Waals surface area contributed by atoms with E-state index in [9.17, 15) is 13.2 Å². The molecule has 20 heavy (non-hydrogen) atoms. The van der Waals surface area contributed by atoms with Gasteiger partial charge in [0.25, 0.3) is 10.1 Å². The van der Waals surface area contributed by atoms with Crippen LogP contribution in [0, 0.1) is 0 Å². The smallest absolute Gasteiger partial charge is 0.311 e. The van der Waals surface area contributed by atoms with Gasteiger partial charge in [-0.3, -0.25) is 8.98 Å². The van der Waals surface area contributed by atoms with Gasteiger partial charge in [0.15, 0.2) is 0 Å². The Morgan fingerprint density at radius 3 is 2.70 bits per heavy atom. The SMILES string of the molecule is CCCC(=O)Oc1cccc(CCCOS(C)(=O)=O)c1. The summed E-state index contributed by atoms with van der Waals surface area (Å²) in [5, 5.41) is 0. The second-order valence-corrected chi connectivity index (χ2v) is 6.15. The van der Waals surface area contributed by atoms with Crippen LogP contribution in [-0.4, -0.2) is 27.2 Å². The summed E-state index contributed by atoms with van der Waals surface area (Å²) in [4.78, 5) is 11.4. The van der Waals surface area contributed by atoms with Crippen molar-refractivity contribution in [3.05, 3.63) is 29.8 Å². The number of carbonyl (C=O) groups is 1. The van der Waals surface area contributed by atoms with E-state index < -0.39 is 10.1 Å². The number of carbonyl (C=O) groups excluding carboxylic acids is 1. The van der Waals surface area contributed by atoms with Gasteiger partial charge in [0.2, 0.25) is 0 Å². The molecule has 0 bridgehead atoms. The first kappa shape index (κ1) is 16.7. The molecule has 0 heterocycles. The molecule has 112 valence electrons. The summed E-state index contributed by atoms with van der Waals surface area (Å²) in [7, 11) is -3.38. The Balaban J connectivity index is 2.45. The zero-order chi connectivity index (χ0) is 15.0. The predicted molar refractivity (Wildman–Crippen MR) is 76.1 cm³/mol. The van der Waals surface area contributed by atoms with Crippen LogP contribution in [0.1, 0.15) is 31.7 Å². The summed E-state index contributed by atoms with van der Waals surface area (Å²) in [6, 6.07) is 7.22. The second kappa shape index (κ2) is 8.01. The average Bonchev–Trinajstić information content (AvgIpc) is 2.34. The van der Waals surface area contributed by atoms with Gasteiger partial charge >= 0.3 is 5.97 Å². The van der Waals surface area contributed by atoms with E-state index in [1.165, 1.54) is 0 Å². The standard InChI is InChI=1S/C14H20O5S/c1-3-6-14(15)19-13-9-4-7-12(11-13)8-5-10-18-20(2,16)17/h4,7,9,11H,3,5-6,8,10H2,1-2H3. The normalized spacial score (nSPS) is 11.3. The molecule has 0 amide bonds. The molecule has 0 N–H and O–H groups in total. The quantitative estimate of drug-likeness (QED) is 0.319. The lowest BCUT2D eigenvalue weighted by molar-refractivity contribution is -0.134. The Hall–Kier alpha value is -1.40. The van der Waals surface area contributed by atoms with Crippen LogP contribution in [0.2, 0.25) is 0 Å². The number of rotatable bonds is 8. The lowest BCUT2D eigenvalue weighted by atomic mass is 10.1. The minimum absolute atomic E-state index is 0.151. The van der Waals surface area contributed by atoms with Gasteiger partial charge < -0.3 is 4.74 Å². The van der Waals surface area contributed by atoms with Gasteiger partial charge in [-0.05, 0) is 37.0 Å². The van der Waals surface area contributed by atoms with Crippen LogP contribution in [0.15, 0.2) is 24.3 Å². The molecular weight excluding hydrogens is 280 g/mol. The van der Waals surface area contributed by atoms with E-state index in [4.69, 9.17) is 4.74 Å². The maximum Gasteiger partial charge on any atom is 0.311 e. The third-order valence-electron chi connectivity index (χ3n) is 2.49. The molecule has 1 aromatic rings. The molecule has 0 aliphatic heterocycles. The van der Waals surface area contributed by atoms with Crippen molar-refractivity contribution in [3.63, 3.8) is 0 Å². The van der Waals surface area contributed by atoms with E-state index in [2.05, 4.69) is 4.18 Å². The van der Waals surface area contributed by atoms with Crippen molar-refractivity contribution in [3.8, 4) is 5.75 Å². The third kappa shape index (κ3) is 7.25. The zero-order valence-corrected chi connectivity index (χ0v) is 12.6. The summed E-state index contributed by atoms with van der Waals surface area (Å²) < 4.78 is 31.5. The van der Waals surface area contributed by atoms with Gasteiger partial charge in [-0.25, -0.2) is 0 Å². The topological polar surface area (TPSA) is 69.7 Å². The largest absolute Gasteiger partial charge is 0.427 e. The predicted octanol–water partition coefficient (Wildman–Crippen LogP) is 2.30. The fourth-order valence-electron chi connectivity index (χ4n) is 1.64. The molecule has 0 aromatic heterocycles. The number of ether oxygens (including phenoxy) is 1. The van der Waals surface area contributed by atoms with Gasteiger partial charge in [-0.2, -0.15) is 8.42 Å². The molecule has 0 aliphatic rings. The van der Waals surface area contributed by atoms with E-state index in [0.717, 1.165) is 18.2 Å². The van der Waals surface area contributed by atoms with Gasteiger partial charge in [0.1, 0.15) is 5.75 Å². The highest BCUT2D eigenvalue weighted by molar-refractivity contribution is 7.85. The zero-order valence-electron chi connectivity index (χ0n) is 11.8. The fourth-order valence-corrected chi connectivity index (χ4v) is 2.06. The fraction of sp³-hybridized carbons (Fsp3) is 0.500. The Bertz CT molecular complexity index is 536. The molecule has 0 spiro atoms. The number of aryl methyl sites for hydroxylation is 1. The lowest BCUT2D eigenvalue weighted by Gasteiger charge is -2.06. The first-order valence-electron chi connectivity index (χ1n) is 6.54. The number of esters is 1. The summed E-state index contributed by atoms with van der Waals surface area (Å²) in [5.74, 6) is 0.273. The van der Waals surface area contributed by atoms with E-state index >= 15 is 0 Å². The highest BCUT2D eigenvalue weighted by Crippen LogP contribution is 2.15. The Kier molecular flexibility index (Phi) is 6.67. The first-order valence-corrected chi connectivity index (χ1v) is 8.36. The van der Waals surface area contributed by atoms with E-state index in [0.29, 0.717) is 25.0 Å². The van der Waals surface area contributed by atoms with Crippen LogP contribution < -0.4 is 4.74 Å². The Morgan fingerprint density at radius 1 is 1.30 bits per heavy atom. The van der Waals surface area contributed by atoms with Crippen LogP contribution in [0.4, 0.5) is 0 Å². The molecule has 0 fully saturated rings. The summed E-state index contributed by atoms with van der Waals surface area (Å²) >= 11 is 0. The van der Waals surface area contributed by atoms with Gasteiger partial charge in [-0.1, -0.05) is 19.1 Å². The molecule has 0 aliphatic carbocycles. The molecule has 0 saturated heterocycles. The van der Waals surface area contributed by atoms with Crippen molar-refractivity contribution in [2.45, 2.75) is 32.6 Å². The summed E-state index contributed by atoms with van der Waals surface area (Å²) in [5.41, 5.74) is 0.976. The van der Waals surface area contributed by atoms with E-state index in [1.807, 2.05) is 13.0 Å². The highest BCUT2D eigenvalue weighted by atomic mass is 32.2. The molecule has 5 nitrogen and oxygen atoms in total. The molecular formula is C14H20O5S. The van der Waals surface area contributed by atoms with Gasteiger partial charge in [-0.15, -0.1) is 0 Å². The van der Waals surface area contributed by atoms with Crippen LogP contribution in [0.25, 0.3) is 0 Å². The number of hydrogen-bond donors (Lipinski definition) is 0. The van der Waals surface area contributed by atoms with Crippen LogP contribution in [-0.2, 0) is 25.5 Å². The molecule has 1 rings (SSSR count). The molecule has 0 atom stereocenters. The Labute approximate surface area is 120 Å². The Morgan fingerprint density at radius 2 is 2.05 bits per heavy atom. The molecule has 0 saturated carbocycles. The van der Waals surface area contributed by atoms with Crippen molar-refractivity contribution < 1.29 is 22.1 Å². The summed E-state index contributed by atoms with van der Waals surface area (Å²) in [6.07, 6.45) is 3.42. The number of benzene rings is 1. The first-order chi connectivity index (χ1) is 9.40. The highest BCUT2D eigenvalue weighted by Gasteiger charge is 2.05. The van der Waals surface area contributed by atoms with Gasteiger partial charge in [0.05, 0.1) is 12.9 Å². The second-order valence-electron chi connectivity index (χ2n) is 4.50. The number of hydrogen-bond acceptors (Lipinski definition) is 5. The van der Waals surface area contributed by atoms with Crippen molar-refractivity contribution in [2.24, 2.45) is 0 Å². The maximum atomic E-state index is 11.4. The third-order valence-corrected chi connectivity index (χ3v) is 3.09. The van der Waals surface area contributed by atoms with Crippen LogP contribution in [0.5, 0.6) is 5.75 Å². The van der Waals surface area contributed by atoms with Crippen molar-refractivity contribution in [2.75, 3.05) is 12.9 Å². The van der Waals surface area contributed by atoms with E-state index in [1.54, 1.807) is 18.2 Å². The van der Waals surface area contributed by atoms with Crippen LogP contribution in [0.3, 0.4) is 0 Å². The maximum absolute atomic E-state index is 11.4.